The highest BCUT2D eigenvalue weighted by Crippen LogP contribution is 2.56. The van der Waals surface area contributed by atoms with Gasteiger partial charge in [-0.15, -0.1) is 0 Å². The van der Waals surface area contributed by atoms with Gasteiger partial charge in [0.2, 0.25) is 5.95 Å². The summed E-state index contributed by atoms with van der Waals surface area (Å²) in [4.78, 5) is 194. The van der Waals surface area contributed by atoms with Crippen LogP contribution in [0.2, 0.25) is 0 Å². The second kappa shape index (κ2) is 37.8. The molecule has 15 rings (SSSR count). The number of nitrogens with two attached hydrogens (primary N) is 4. The number of ether oxygens (including phenoxy) is 6. The fourth-order valence-corrected chi connectivity index (χ4v) is 23.0. The quantitative estimate of drug-likeness (QED) is 0.0170. The molecule has 15 heterocycles. The van der Waals surface area contributed by atoms with Crippen LogP contribution in [-0.4, -0.2) is 201 Å². The van der Waals surface area contributed by atoms with E-state index in [1.807, 2.05) is 0 Å². The Kier molecular flexibility index (Phi) is 28.3. The lowest BCUT2D eigenvalue weighted by Crippen LogP contribution is -2.34. The van der Waals surface area contributed by atoms with Gasteiger partial charge in [0.25, 0.3) is 16.7 Å². The number of nitrogens with zero attached hydrogens (tertiary/aromatic N) is 15. The maximum atomic E-state index is 14.8. The fraction of sp³-hybridized carbons (Fsp3) is 0.565. The van der Waals surface area contributed by atoms with E-state index in [0.29, 0.717) is 23.1 Å². The lowest BCUT2D eigenvalue weighted by molar-refractivity contribution is -0.221. The van der Waals surface area contributed by atoms with Crippen molar-refractivity contribution in [1.82, 2.24) is 87.2 Å². The third-order valence-corrected chi connectivity index (χ3v) is 30.4. The van der Waals surface area contributed by atoms with Gasteiger partial charge in [-0.3, -0.25) is 61.3 Å². The molecule has 0 spiro atoms. The normalized spacial score (nSPS) is 29.4. The first-order valence-corrected chi connectivity index (χ1v) is 53.1. The van der Waals surface area contributed by atoms with Crippen molar-refractivity contribution < 1.29 is 112 Å². The molecule has 6 aliphatic rings. The van der Waals surface area contributed by atoms with E-state index in [0.717, 1.165) is 33.3 Å². The molecule has 64 heteroatoms. The molecule has 126 heavy (non-hydrogen) atoms. The monoisotopic (exact) mass is 1990 g/mol. The topological polar surface area (TPSA) is 698 Å². The van der Waals surface area contributed by atoms with Gasteiger partial charge < -0.3 is 142 Å². The van der Waals surface area contributed by atoms with Gasteiger partial charge in [0.1, 0.15) is 131 Å². The Bertz CT molecular complexity index is 6330. The molecule has 0 aromatic carbocycles. The van der Waals surface area contributed by atoms with Gasteiger partial charge in [0.05, 0.1) is 94.7 Å². The van der Waals surface area contributed by atoms with E-state index in [4.69, 9.17) is 177 Å². The van der Waals surface area contributed by atoms with Crippen molar-refractivity contribution in [3.8, 4) is 0 Å². The van der Waals surface area contributed by atoms with E-state index in [-0.39, 0.29) is 82.5 Å². The number of nitrogens with one attached hydrogen (secondary N) is 3. The highest BCUT2D eigenvalue weighted by Gasteiger charge is 2.48. The summed E-state index contributed by atoms with van der Waals surface area (Å²) < 4.78 is 129. The van der Waals surface area contributed by atoms with Crippen molar-refractivity contribution in [1.29, 1.82) is 0 Å². The zero-order chi connectivity index (χ0) is 90.2. The van der Waals surface area contributed by atoms with Crippen LogP contribution in [0.25, 0.3) is 33.5 Å². The van der Waals surface area contributed by atoms with Gasteiger partial charge in [-0.25, -0.2) is 49.3 Å². The molecule has 6 saturated heterocycles. The first-order chi connectivity index (χ1) is 59.5. The van der Waals surface area contributed by atoms with E-state index >= 15 is 0 Å². The van der Waals surface area contributed by atoms with Crippen molar-refractivity contribution in [3.63, 3.8) is 0 Å². The molecule has 0 saturated carbocycles. The minimum atomic E-state index is -5.00. The standard InChI is InChI=1S/C62H82N22O30P6S6/c1-6-29-30(7-44(103-29)82-23-71-47-51(64)67-21-69-53(47)82)110-116(92,122)98-17-38-33(9-42(105-38)80-14-27(3)56(85)77-61(80)89)112-118(94,124)101-19-39-34(10-43(106-39)81-15-28(4)57(86)78-62(81)90)113-117(93,123)100-18-37-32(8-41(104-37)79-13-26(2)50(63)74-60(79)88)111-119(95,125)102-20-40-35(12-45(107-40)83-24-72-48-52(65)68-22-70-54(48)83)114-120(96,126)99-16-36-31(109-115(91,121)97-5)11-46(108-36)84-25-73-49-55(84)75-59(66)76-58(49)87/h13-15,21-25,29-46H,6-12,16-20H2,1-5H3,(H,91,121)(H,92,122)(H,93,123)(H,94,124)(H,95,125)(H,96,126)(H2,63,74,88)(H2,64,67,69)(H2,65,68,70)(H,77,85,89)(H,78,86,90)(H3,66,75,76,87)/p-6/t29-,30-,31-,32-,33-,34-,35-,36-,37-,38-,39-,40-,41-,42-,43-,44-,45-,46-,115?,116?,117?,118?,119?,120?/m1/s1. The molecule has 0 radical (unpaired) electrons. The van der Waals surface area contributed by atoms with Crippen LogP contribution in [0.5, 0.6) is 0 Å². The summed E-state index contributed by atoms with van der Waals surface area (Å²) in [6, 6.07) is 0. The third kappa shape index (κ3) is 21.4. The number of aromatic nitrogens is 18. The Hall–Kier alpha value is -6.20. The lowest BCUT2D eigenvalue weighted by atomic mass is 10.1. The Morgan fingerprint density at radius 3 is 1.15 bits per heavy atom. The van der Waals surface area contributed by atoms with E-state index in [9.17, 15) is 57.8 Å². The molecule has 6 fully saturated rings. The van der Waals surface area contributed by atoms with Gasteiger partial charge in [-0.2, -0.15) is 9.97 Å². The predicted octanol–water partition coefficient (Wildman–Crippen LogP) is -1.83. The molecule has 9 aromatic rings. The molecule has 0 amide bonds. The summed E-state index contributed by atoms with van der Waals surface area (Å²) in [5.74, 6) is -0.263. The molecule has 9 aromatic heterocycles. The largest absolute Gasteiger partial charge is 0.780 e. The smallest absolute Gasteiger partial charge is 0.351 e. The fourth-order valence-electron chi connectivity index (χ4n) is 14.7. The molecule has 6 aliphatic heterocycles. The summed E-state index contributed by atoms with van der Waals surface area (Å²) >= 11 is 32.4. The number of rotatable bonds is 35. The zero-order valence-corrected chi connectivity index (χ0v) is 76.2. The Morgan fingerprint density at radius 1 is 0.421 bits per heavy atom. The van der Waals surface area contributed by atoms with Crippen molar-refractivity contribution in [3.05, 3.63) is 129 Å². The van der Waals surface area contributed by atoms with Gasteiger partial charge in [-0.05, 0) is 27.2 Å². The van der Waals surface area contributed by atoms with Crippen molar-refractivity contribution in [2.75, 3.05) is 63.1 Å². The molecular formula is C62H76N22O30P6S6-6. The van der Waals surface area contributed by atoms with Gasteiger partial charge in [0, 0.05) is 80.9 Å². The summed E-state index contributed by atoms with van der Waals surface area (Å²) in [6.45, 7) is -26.3. The number of aromatic amines is 3. The molecule has 24 atom stereocenters. The predicted molar refractivity (Wildman–Crippen MR) is 446 cm³/mol. The second-order valence-electron chi connectivity index (χ2n) is 29.2. The number of fused-ring (bicyclic) bond motifs is 3. The zero-order valence-electron chi connectivity index (χ0n) is 65.9. The van der Waals surface area contributed by atoms with E-state index in [2.05, 4.69) is 59.8 Å². The minimum Gasteiger partial charge on any atom is -0.780 e. The molecule has 6 unspecified atom stereocenters. The number of anilines is 4. The molecule has 52 nitrogen and oxygen atoms in total. The number of hydrogen-bond acceptors (Lipinski definition) is 49. The average molecular weight is 1990 g/mol. The van der Waals surface area contributed by atoms with Crippen LogP contribution in [0.4, 0.5) is 23.4 Å². The molecule has 0 aliphatic carbocycles. The molecule has 686 valence electrons. The lowest BCUT2D eigenvalue weighted by Gasteiger charge is -2.36. The van der Waals surface area contributed by atoms with Crippen LogP contribution in [0.15, 0.2) is 79.0 Å². The van der Waals surface area contributed by atoms with Crippen LogP contribution in [-0.2, 0) is 159 Å². The second-order valence-corrected chi connectivity index (χ2v) is 45.5. The number of imidazole rings is 3. The molecule has 11 N–H and O–H groups in total. The Morgan fingerprint density at radius 2 is 0.754 bits per heavy atom. The summed E-state index contributed by atoms with van der Waals surface area (Å²) in [7, 11) is 1.05. The highest BCUT2D eigenvalue weighted by molar-refractivity contribution is 8.32. The van der Waals surface area contributed by atoms with Crippen LogP contribution in [0.3, 0.4) is 0 Å². The van der Waals surface area contributed by atoms with Crippen molar-refractivity contribution in [2.45, 2.75) is 183 Å². The number of nitrogen functional groups attached to an aromatic ring is 4. The van der Waals surface area contributed by atoms with Crippen LogP contribution < -0.4 is 81.1 Å². The Balaban J connectivity index is 0.634. The van der Waals surface area contributed by atoms with Crippen LogP contribution in [0.1, 0.15) is 106 Å². The van der Waals surface area contributed by atoms with Crippen LogP contribution >= 0.6 is 40.4 Å². The van der Waals surface area contributed by atoms with Crippen LogP contribution in [0, 0.1) is 20.8 Å². The van der Waals surface area contributed by atoms with Crippen molar-refractivity contribution in [2.24, 2.45) is 0 Å². The average Bonchev–Trinajstić information content (AvgIpc) is 1.61. The number of hydrogen-bond donors (Lipinski definition) is 7. The van der Waals surface area contributed by atoms with E-state index < -0.39 is 231 Å². The SMILES string of the molecule is CC[C@H]1O[C@@H](n2cnc3c(N)ncnc32)C[C@H]1OP([O-])(=S)OC[C@H]1O[C@@H](n2cc(C)c(=O)[nH]c2=O)C[C@H]1OP(=O)([S-])OC[C@H]1O[C@@H](n2cc(C)c(=O)[nH]c2=O)C[C@H]1OP([O-])(=S)OC[C@H]1O[C@@H](n2cc(C)c(N)nc2=O)C[C@H]1OP([O-])(=S)OC[C@H]1O[C@@H](n2cnc3c(N)ncnc32)C[C@H]1OP([O-])(=S)OC[C@H]1O[C@@H](n2cnc3c(=O)[nH]c(N)nc32)C[C@H]1OP([O-])(=S)OC. The Labute approximate surface area is 738 Å². The van der Waals surface area contributed by atoms with Gasteiger partial charge >= 0.3 is 17.1 Å². The molecule has 0 bridgehead atoms. The summed E-state index contributed by atoms with van der Waals surface area (Å²) in [5.41, 5.74) is 20.3. The van der Waals surface area contributed by atoms with Crippen molar-refractivity contribution >= 4 is 169 Å². The van der Waals surface area contributed by atoms with E-state index in [1.54, 1.807) is 11.5 Å². The van der Waals surface area contributed by atoms with Gasteiger partial charge in [-0.1, -0.05) is 66.0 Å². The number of H-pyrrole nitrogens is 3. The maximum absolute atomic E-state index is 14.8. The highest BCUT2D eigenvalue weighted by atomic mass is 32.7. The first-order valence-electron chi connectivity index (χ1n) is 37.7. The molecular weight excluding hydrogens is 1910 g/mol. The minimum absolute atomic E-state index is 0.00265. The maximum Gasteiger partial charge on any atom is 0.351 e. The summed E-state index contributed by atoms with van der Waals surface area (Å²) in [6.07, 6.45) is -14.3. The van der Waals surface area contributed by atoms with Gasteiger partial charge in [0.15, 0.2) is 40.9 Å². The first kappa shape index (κ1) is 94.4. The number of aryl methyl sites for hydroxylation is 3. The third-order valence-electron chi connectivity index (χ3n) is 20.8. The summed E-state index contributed by atoms with van der Waals surface area (Å²) in [5, 5.41) is 0. The van der Waals surface area contributed by atoms with E-state index in [1.165, 1.54) is 67.6 Å².